The maximum absolute atomic E-state index is 13.2. The smallest absolute Gasteiger partial charge is 0.264 e. The van der Waals surface area contributed by atoms with Gasteiger partial charge in [-0.05, 0) is 42.8 Å². The van der Waals surface area contributed by atoms with E-state index in [1.165, 1.54) is 12.3 Å². The van der Waals surface area contributed by atoms with Crippen LogP contribution in [0.4, 0.5) is 28.7 Å². The number of nitrogens with zero attached hydrogens (tertiary/aromatic N) is 7. The number of likely N-dealkylation sites (N-methyl/N-ethyl adjacent to an activating group) is 1. The normalized spacial score (nSPS) is 14.9. The van der Waals surface area contributed by atoms with Gasteiger partial charge in [0, 0.05) is 68.8 Å². The van der Waals surface area contributed by atoms with E-state index in [0.29, 0.717) is 73.8 Å². The summed E-state index contributed by atoms with van der Waals surface area (Å²) in [6.07, 6.45) is 8.55. The van der Waals surface area contributed by atoms with E-state index in [0.717, 1.165) is 16.3 Å². The molecule has 0 bridgehead atoms. The summed E-state index contributed by atoms with van der Waals surface area (Å²) in [4.78, 5) is 83.0. The first-order valence-corrected chi connectivity index (χ1v) is 19.2. The molecule has 60 heavy (non-hydrogen) atoms. The minimum atomic E-state index is -1.03. The predicted octanol–water partition coefficient (Wildman–Crippen LogP) is 1.63. The summed E-state index contributed by atoms with van der Waals surface area (Å²) in [5.41, 5.74) is 10.2. The summed E-state index contributed by atoms with van der Waals surface area (Å²) in [5, 5.41) is 11.5. The number of imide groups is 2. The second-order valence-electron chi connectivity index (χ2n) is 13.8. The van der Waals surface area contributed by atoms with Gasteiger partial charge in [0.05, 0.1) is 56.6 Å². The van der Waals surface area contributed by atoms with Crippen LogP contribution >= 0.6 is 0 Å². The van der Waals surface area contributed by atoms with Crippen LogP contribution in [0.25, 0.3) is 17.0 Å². The number of rotatable bonds is 20. The third-order valence-electron chi connectivity index (χ3n) is 9.64. The number of piperidine rings is 1. The van der Waals surface area contributed by atoms with Gasteiger partial charge in [-0.25, -0.2) is 15.0 Å². The first kappa shape index (κ1) is 41.1. The zero-order valence-corrected chi connectivity index (χ0v) is 32.8. The molecule has 5 heterocycles. The molecule has 0 aliphatic carbocycles. The van der Waals surface area contributed by atoms with Gasteiger partial charge in [-0.15, -0.1) is 0 Å². The van der Waals surface area contributed by atoms with E-state index < -0.39 is 29.7 Å². The highest BCUT2D eigenvalue weighted by molar-refractivity contribution is 6.25. The summed E-state index contributed by atoms with van der Waals surface area (Å²) < 4.78 is 18.4. The van der Waals surface area contributed by atoms with Crippen molar-refractivity contribution in [3.05, 3.63) is 84.6 Å². The lowest BCUT2D eigenvalue weighted by molar-refractivity contribution is -0.136. The van der Waals surface area contributed by atoms with Gasteiger partial charge in [0.2, 0.25) is 17.7 Å². The average Bonchev–Trinajstić information content (AvgIpc) is 3.82. The number of amides is 5. The standard InChI is InChI=1S/C40H44N12O8/c1-50(26-7-5-25(6-8-26)46-36-37-45-12-15-51(37)23-30(48-36)29-21-42-22-32(41)47-29)14-11-44-34(54)24-60-20-19-59-18-17-58-16-13-43-28-4-2-3-27-35(28)40(57)52(39(27)56)31-9-10-33(53)49-38(31)55/h2-8,12,15,21-23,31,43H,9-11,13-14,16-20,24H2,1H3,(H2,41,47)(H,44,54)(H,46,48)(H,49,53,55). The highest BCUT2D eigenvalue weighted by Gasteiger charge is 2.45. The Morgan fingerprint density at radius 1 is 0.933 bits per heavy atom. The molecule has 0 spiro atoms. The summed E-state index contributed by atoms with van der Waals surface area (Å²) in [6.45, 7) is 2.68. The largest absolute Gasteiger partial charge is 0.382 e. The van der Waals surface area contributed by atoms with Gasteiger partial charge in [0.25, 0.3) is 11.8 Å². The fourth-order valence-electron chi connectivity index (χ4n) is 6.65. The van der Waals surface area contributed by atoms with Crippen LogP contribution in [0.3, 0.4) is 0 Å². The van der Waals surface area contributed by atoms with Gasteiger partial charge in [0.1, 0.15) is 29.9 Å². The lowest BCUT2D eigenvalue weighted by Gasteiger charge is -2.27. The summed E-state index contributed by atoms with van der Waals surface area (Å²) in [5.74, 6) is -1.62. The number of imidazole rings is 1. The third kappa shape index (κ3) is 9.80. The molecule has 0 radical (unpaired) electrons. The molecule has 312 valence electrons. The SMILES string of the molecule is CN(CCNC(=O)COCCOCCOCCNc1cccc2c1C(=O)N(C1CCC(=O)NC1=O)C2=O)c1ccc(Nc2nc(-c3cncc(N)n3)cn3ccnc23)cc1. The number of nitrogens with one attached hydrogen (secondary N) is 4. The van der Waals surface area contributed by atoms with E-state index in [4.69, 9.17) is 24.9 Å². The van der Waals surface area contributed by atoms with Gasteiger partial charge in [0.15, 0.2) is 11.5 Å². The topological polar surface area (TPSA) is 250 Å². The van der Waals surface area contributed by atoms with E-state index in [1.807, 2.05) is 53.0 Å². The molecule has 20 heteroatoms. The molecule has 3 aromatic heterocycles. The van der Waals surface area contributed by atoms with Crippen LogP contribution in [0, 0.1) is 0 Å². The number of hydrogen-bond acceptors (Lipinski definition) is 16. The first-order chi connectivity index (χ1) is 29.2. The maximum atomic E-state index is 13.2. The molecule has 1 unspecified atom stereocenters. The molecule has 2 aromatic carbocycles. The van der Waals surface area contributed by atoms with Crippen molar-refractivity contribution in [3.63, 3.8) is 0 Å². The number of nitrogen functional groups attached to an aromatic ring is 1. The van der Waals surface area contributed by atoms with Gasteiger partial charge in [-0.2, -0.15) is 0 Å². The Morgan fingerprint density at radius 2 is 1.72 bits per heavy atom. The number of benzene rings is 2. The first-order valence-electron chi connectivity index (χ1n) is 19.2. The number of anilines is 5. The van der Waals surface area contributed by atoms with Gasteiger partial charge >= 0.3 is 0 Å². The van der Waals surface area contributed by atoms with Gasteiger partial charge < -0.3 is 45.2 Å². The molecule has 7 rings (SSSR count). The Morgan fingerprint density at radius 3 is 2.50 bits per heavy atom. The fourth-order valence-corrected chi connectivity index (χ4v) is 6.65. The van der Waals surface area contributed by atoms with Crippen LogP contribution in [0.5, 0.6) is 0 Å². The van der Waals surface area contributed by atoms with Crippen LogP contribution in [-0.2, 0) is 28.6 Å². The van der Waals surface area contributed by atoms with Crippen molar-refractivity contribution < 1.29 is 38.2 Å². The minimum absolute atomic E-state index is 0.0512. The molecular weight excluding hydrogens is 777 g/mol. The third-order valence-corrected chi connectivity index (χ3v) is 9.64. The van der Waals surface area contributed by atoms with Crippen molar-refractivity contribution >= 4 is 63.9 Å². The summed E-state index contributed by atoms with van der Waals surface area (Å²) in [7, 11) is 1.94. The maximum Gasteiger partial charge on any atom is 0.264 e. The average molecular weight is 821 g/mol. The Balaban J connectivity index is 0.736. The van der Waals surface area contributed by atoms with Crippen LogP contribution in [0.15, 0.2) is 73.4 Å². The van der Waals surface area contributed by atoms with Crippen molar-refractivity contribution in [2.75, 3.05) is 87.6 Å². The highest BCUT2D eigenvalue weighted by Crippen LogP contribution is 2.32. The molecule has 20 nitrogen and oxygen atoms in total. The van der Waals surface area contributed by atoms with Crippen LogP contribution in [0.1, 0.15) is 33.6 Å². The van der Waals surface area contributed by atoms with Gasteiger partial charge in [-0.3, -0.25) is 39.2 Å². The lowest BCUT2D eigenvalue weighted by Crippen LogP contribution is -2.54. The molecule has 0 saturated carbocycles. The van der Waals surface area contributed by atoms with Gasteiger partial charge in [-0.1, -0.05) is 6.07 Å². The quantitative estimate of drug-likeness (QED) is 0.0553. The molecule has 5 aromatic rings. The monoisotopic (exact) mass is 820 g/mol. The molecular formula is C40H44N12O8. The van der Waals surface area contributed by atoms with E-state index >= 15 is 0 Å². The summed E-state index contributed by atoms with van der Waals surface area (Å²) in [6, 6.07) is 11.6. The van der Waals surface area contributed by atoms with Crippen molar-refractivity contribution in [1.29, 1.82) is 0 Å². The Kier molecular flexibility index (Phi) is 13.1. The number of carbonyl (C=O) groups is 5. The van der Waals surface area contributed by atoms with E-state index in [-0.39, 0.29) is 49.7 Å². The lowest BCUT2D eigenvalue weighted by atomic mass is 10.0. The highest BCUT2D eigenvalue weighted by atomic mass is 16.5. The molecule has 5 amide bonds. The fraction of sp³-hybridized carbons (Fsp3) is 0.325. The van der Waals surface area contributed by atoms with Crippen LogP contribution < -0.4 is 31.9 Å². The minimum Gasteiger partial charge on any atom is -0.382 e. The molecule has 6 N–H and O–H groups in total. The second kappa shape index (κ2) is 19.1. The predicted molar refractivity (Wildman–Crippen MR) is 218 cm³/mol. The van der Waals surface area contributed by atoms with Crippen molar-refractivity contribution in [1.82, 2.24) is 39.9 Å². The van der Waals surface area contributed by atoms with E-state index in [9.17, 15) is 24.0 Å². The van der Waals surface area contributed by atoms with E-state index in [1.54, 1.807) is 24.5 Å². The van der Waals surface area contributed by atoms with Crippen LogP contribution in [0.2, 0.25) is 0 Å². The molecule has 1 atom stereocenters. The zero-order chi connectivity index (χ0) is 42.0. The number of nitrogens with two attached hydrogens (primary N) is 1. The van der Waals surface area contributed by atoms with Crippen LogP contribution in [-0.4, -0.2) is 131 Å². The number of fused-ring (bicyclic) bond motifs is 2. The molecule has 2 aliphatic heterocycles. The van der Waals surface area contributed by atoms with Crippen molar-refractivity contribution in [2.45, 2.75) is 18.9 Å². The van der Waals surface area contributed by atoms with E-state index in [2.05, 4.69) is 36.2 Å². The molecule has 1 saturated heterocycles. The second-order valence-corrected chi connectivity index (χ2v) is 13.8. The number of aromatic nitrogens is 5. The Hall–Kier alpha value is -7.03. The zero-order valence-electron chi connectivity index (χ0n) is 32.8. The van der Waals surface area contributed by atoms with Crippen molar-refractivity contribution in [3.8, 4) is 11.4 Å². The summed E-state index contributed by atoms with van der Waals surface area (Å²) >= 11 is 0. The molecule has 2 aliphatic rings. The van der Waals surface area contributed by atoms with Crippen molar-refractivity contribution in [2.24, 2.45) is 0 Å². The Labute approximate surface area is 343 Å². The Bertz CT molecular complexity index is 2370. The molecule has 1 fully saturated rings. The number of ether oxygens (including phenoxy) is 3. The number of carbonyl (C=O) groups excluding carboxylic acids is 5. The number of hydrogen-bond donors (Lipinski definition) is 5.